The van der Waals surface area contributed by atoms with Crippen molar-refractivity contribution in [3.63, 3.8) is 0 Å². The Morgan fingerprint density at radius 1 is 0.967 bits per heavy atom. The molecule has 1 aliphatic rings. The van der Waals surface area contributed by atoms with Gasteiger partial charge in [-0.15, -0.1) is 0 Å². The maximum absolute atomic E-state index is 12.8. The summed E-state index contributed by atoms with van der Waals surface area (Å²) in [6, 6.07) is 15.5. The van der Waals surface area contributed by atoms with Crippen LogP contribution in [0.1, 0.15) is 10.4 Å². The van der Waals surface area contributed by atoms with Crippen molar-refractivity contribution in [2.45, 2.75) is 4.90 Å². The number of carboxylic acid groups (broad SMARTS) is 1. The van der Waals surface area contributed by atoms with Crippen LogP contribution in [-0.4, -0.2) is 29.7 Å². The Labute approximate surface area is 169 Å². The molecule has 9 heteroatoms. The molecule has 1 aliphatic carbocycles. The number of aromatic amines is 1. The average molecular weight is 419 g/mol. The van der Waals surface area contributed by atoms with E-state index in [-0.39, 0.29) is 16.0 Å². The topological polar surface area (TPSA) is 129 Å². The molecule has 3 N–H and O–H groups in total. The van der Waals surface area contributed by atoms with E-state index in [0.29, 0.717) is 22.3 Å². The molecule has 1 aromatic heterocycles. The second kappa shape index (κ2) is 6.26. The van der Waals surface area contributed by atoms with E-state index in [1.165, 1.54) is 18.2 Å². The zero-order chi connectivity index (χ0) is 21.0. The minimum Gasteiger partial charge on any atom is -0.478 e. The Kier molecular flexibility index (Phi) is 3.77. The first-order valence-electron chi connectivity index (χ1n) is 8.87. The van der Waals surface area contributed by atoms with Gasteiger partial charge in [-0.25, -0.2) is 18.3 Å². The van der Waals surface area contributed by atoms with Crippen molar-refractivity contribution in [1.29, 1.82) is 0 Å². The molecule has 0 saturated carbocycles. The Morgan fingerprint density at radius 2 is 1.77 bits per heavy atom. The van der Waals surface area contributed by atoms with Gasteiger partial charge >= 0.3 is 5.97 Å². The predicted octanol–water partition coefficient (Wildman–Crippen LogP) is 3.07. The number of rotatable bonds is 4. The van der Waals surface area contributed by atoms with Crippen LogP contribution in [0.15, 0.2) is 70.4 Å². The lowest BCUT2D eigenvalue weighted by atomic mass is 10.0. The lowest BCUT2D eigenvalue weighted by Crippen LogP contribution is -2.13. The maximum Gasteiger partial charge on any atom is 0.335 e. The van der Waals surface area contributed by atoms with E-state index < -0.39 is 16.0 Å². The Morgan fingerprint density at radius 3 is 2.57 bits per heavy atom. The van der Waals surface area contributed by atoms with Crippen molar-refractivity contribution in [2.24, 2.45) is 0 Å². The van der Waals surface area contributed by atoms with Gasteiger partial charge < -0.3 is 5.11 Å². The molecule has 4 aromatic rings. The van der Waals surface area contributed by atoms with E-state index in [2.05, 4.69) is 14.9 Å². The number of carbonyl (C=O) groups is 1. The number of benzene rings is 3. The molecule has 3 aromatic carbocycles. The van der Waals surface area contributed by atoms with E-state index in [1.807, 2.05) is 6.07 Å². The van der Waals surface area contributed by atoms with Gasteiger partial charge in [-0.2, -0.15) is 5.10 Å². The number of carboxylic acids is 1. The van der Waals surface area contributed by atoms with Crippen molar-refractivity contribution in [3.05, 3.63) is 76.6 Å². The first-order chi connectivity index (χ1) is 14.3. The summed E-state index contributed by atoms with van der Waals surface area (Å²) in [6.07, 6.45) is 0. The largest absolute Gasteiger partial charge is 0.478 e. The van der Waals surface area contributed by atoms with Crippen LogP contribution in [0.2, 0.25) is 0 Å². The van der Waals surface area contributed by atoms with Crippen LogP contribution in [0, 0.1) is 0 Å². The molecule has 8 nitrogen and oxygen atoms in total. The van der Waals surface area contributed by atoms with Crippen LogP contribution >= 0.6 is 0 Å². The Balaban J connectivity index is 1.58. The lowest BCUT2D eigenvalue weighted by Gasteiger charge is -2.10. The molecule has 5 rings (SSSR count). The third-order valence-corrected chi connectivity index (χ3v) is 6.40. The van der Waals surface area contributed by atoms with Crippen LogP contribution in [0.25, 0.3) is 33.2 Å². The molecule has 0 bridgehead atoms. The molecule has 0 radical (unpaired) electrons. The molecule has 30 heavy (non-hydrogen) atoms. The molecular formula is C21H13N3O5S. The van der Waals surface area contributed by atoms with Gasteiger partial charge in [0.2, 0.25) is 0 Å². The van der Waals surface area contributed by atoms with Gasteiger partial charge in [-0.3, -0.25) is 9.52 Å². The highest BCUT2D eigenvalue weighted by Crippen LogP contribution is 2.45. The molecule has 0 atom stereocenters. The molecular weight excluding hydrogens is 406 g/mol. The van der Waals surface area contributed by atoms with Crippen molar-refractivity contribution in [2.75, 3.05) is 4.72 Å². The van der Waals surface area contributed by atoms with Gasteiger partial charge in [0.15, 0.2) is 0 Å². The van der Waals surface area contributed by atoms with Gasteiger partial charge in [0.1, 0.15) is 0 Å². The monoisotopic (exact) mass is 419 g/mol. The van der Waals surface area contributed by atoms with Crippen LogP contribution in [-0.2, 0) is 10.0 Å². The van der Waals surface area contributed by atoms with Gasteiger partial charge in [0, 0.05) is 16.6 Å². The zero-order valence-electron chi connectivity index (χ0n) is 15.2. The van der Waals surface area contributed by atoms with Crippen LogP contribution < -0.4 is 10.3 Å². The van der Waals surface area contributed by atoms with Crippen molar-refractivity contribution < 1.29 is 18.3 Å². The summed E-state index contributed by atoms with van der Waals surface area (Å²) < 4.78 is 28.0. The zero-order valence-corrected chi connectivity index (χ0v) is 16.0. The second-order valence-corrected chi connectivity index (χ2v) is 8.51. The number of aromatic nitrogens is 2. The number of hydrogen-bond donors (Lipinski definition) is 3. The minimum atomic E-state index is -4.00. The SMILES string of the molecule is O=C(O)c1cccc(S(=O)(=O)Nc2ccc3c(c2)-c2n[nH]c(=O)c4cccc-3c24)c1. The number of hydrogen-bond acceptors (Lipinski definition) is 5. The molecule has 0 spiro atoms. The van der Waals surface area contributed by atoms with Crippen LogP contribution in [0.3, 0.4) is 0 Å². The van der Waals surface area contributed by atoms with Crippen molar-refractivity contribution in [1.82, 2.24) is 10.2 Å². The molecule has 148 valence electrons. The summed E-state index contributed by atoms with van der Waals surface area (Å²) >= 11 is 0. The van der Waals surface area contributed by atoms with E-state index in [0.717, 1.165) is 22.6 Å². The van der Waals surface area contributed by atoms with E-state index >= 15 is 0 Å². The van der Waals surface area contributed by atoms with Gasteiger partial charge in [0.25, 0.3) is 15.6 Å². The second-order valence-electron chi connectivity index (χ2n) is 6.83. The summed E-state index contributed by atoms with van der Waals surface area (Å²) in [5.74, 6) is -1.21. The Hall–Kier alpha value is -3.98. The van der Waals surface area contributed by atoms with Gasteiger partial charge in [-0.05, 0) is 47.5 Å². The first-order valence-corrected chi connectivity index (χ1v) is 10.4. The highest BCUT2D eigenvalue weighted by Gasteiger charge is 2.25. The molecule has 0 unspecified atom stereocenters. The van der Waals surface area contributed by atoms with Gasteiger partial charge in [-0.1, -0.05) is 24.3 Å². The number of fused-ring (bicyclic) bond motifs is 3. The van der Waals surface area contributed by atoms with E-state index in [1.54, 1.807) is 30.3 Å². The molecule has 0 saturated heterocycles. The molecule has 0 amide bonds. The number of nitrogens with zero attached hydrogens (tertiary/aromatic N) is 1. The highest BCUT2D eigenvalue weighted by molar-refractivity contribution is 7.92. The smallest absolute Gasteiger partial charge is 0.335 e. The van der Waals surface area contributed by atoms with Crippen molar-refractivity contribution in [3.8, 4) is 22.4 Å². The molecule has 1 heterocycles. The normalized spacial score (nSPS) is 12.0. The summed E-state index contributed by atoms with van der Waals surface area (Å²) in [5, 5.41) is 17.0. The lowest BCUT2D eigenvalue weighted by molar-refractivity contribution is 0.0696. The minimum absolute atomic E-state index is 0.123. The number of nitrogens with one attached hydrogen (secondary N) is 2. The molecule has 0 aliphatic heterocycles. The van der Waals surface area contributed by atoms with E-state index in [9.17, 15) is 18.0 Å². The third-order valence-electron chi connectivity index (χ3n) is 5.02. The van der Waals surface area contributed by atoms with E-state index in [4.69, 9.17) is 5.11 Å². The van der Waals surface area contributed by atoms with Crippen molar-refractivity contribution >= 4 is 32.5 Å². The number of anilines is 1. The van der Waals surface area contributed by atoms with Gasteiger partial charge in [0.05, 0.1) is 21.5 Å². The fraction of sp³-hybridized carbons (Fsp3) is 0. The number of sulfonamides is 1. The molecule has 0 fully saturated rings. The fourth-order valence-electron chi connectivity index (χ4n) is 3.69. The quantitative estimate of drug-likeness (QED) is 0.411. The summed E-state index contributed by atoms with van der Waals surface area (Å²) in [7, 11) is -4.00. The van der Waals surface area contributed by atoms with Crippen LogP contribution in [0.4, 0.5) is 5.69 Å². The average Bonchev–Trinajstić information content (AvgIpc) is 3.05. The Bertz CT molecular complexity index is 1540. The van der Waals surface area contributed by atoms with Crippen LogP contribution in [0.5, 0.6) is 0 Å². The summed E-state index contributed by atoms with van der Waals surface area (Å²) in [4.78, 5) is 23.1. The first kappa shape index (κ1) is 18.1. The third kappa shape index (κ3) is 2.67. The summed E-state index contributed by atoms with van der Waals surface area (Å²) in [5.41, 5.74) is 2.85. The number of H-pyrrole nitrogens is 1. The predicted molar refractivity (Wildman–Crippen MR) is 111 cm³/mol. The number of aromatic carboxylic acids is 1. The highest BCUT2D eigenvalue weighted by atomic mass is 32.2. The maximum atomic E-state index is 12.8. The standard InChI is InChI=1S/C21H13N3O5S/c25-20-16-6-2-5-15-14-8-7-12(10-17(14)19(18(15)16)22-23-20)24-30(28,29)13-4-1-3-11(9-13)21(26)27/h1-10,24H,(H,23,25)(H,26,27). The fourth-order valence-corrected chi connectivity index (χ4v) is 4.78. The summed E-state index contributed by atoms with van der Waals surface area (Å²) in [6.45, 7) is 0.